The van der Waals surface area contributed by atoms with Gasteiger partial charge in [-0.05, 0) is 49.4 Å². The van der Waals surface area contributed by atoms with Gasteiger partial charge in [0, 0.05) is 43.6 Å². The Morgan fingerprint density at radius 2 is 1.08 bits per heavy atom. The third-order valence-electron chi connectivity index (χ3n) is 9.71. The Balaban J connectivity index is 1.47. The molecule has 0 saturated heterocycles. The van der Waals surface area contributed by atoms with Gasteiger partial charge in [0.1, 0.15) is 17.9 Å². The van der Waals surface area contributed by atoms with Gasteiger partial charge in [-0.3, -0.25) is 0 Å². The molecule has 0 spiro atoms. The normalized spacial score (nSPS) is 11.7. The van der Waals surface area contributed by atoms with Crippen molar-refractivity contribution in [3.63, 3.8) is 0 Å². The molecule has 3 heterocycles. The molecule has 0 aliphatic heterocycles. The number of hydrogen-bond donors (Lipinski definition) is 0. The topological polar surface area (TPSA) is 70.6 Å². The predicted molar refractivity (Wildman–Crippen MR) is 205 cm³/mol. The lowest BCUT2D eigenvalue weighted by molar-refractivity contribution is 0.605. The van der Waals surface area contributed by atoms with Crippen molar-refractivity contribution in [1.29, 1.82) is 10.5 Å². The summed E-state index contributed by atoms with van der Waals surface area (Å²) in [6, 6.07) is 45.7. The molecular weight excluding hydrogens is 613 g/mol. The Morgan fingerprint density at radius 3 is 1.62 bits per heavy atom. The van der Waals surface area contributed by atoms with Crippen molar-refractivity contribution < 1.29 is 4.42 Å². The molecule has 0 unspecified atom stereocenters. The van der Waals surface area contributed by atoms with E-state index in [9.17, 15) is 10.5 Å². The number of furan rings is 1. The molecule has 50 heavy (non-hydrogen) atoms. The number of benzene rings is 6. The quantitative estimate of drug-likeness (QED) is 0.188. The Hall–Kier alpha value is -7.08. The largest absolute Gasteiger partial charge is 0.454 e. The highest BCUT2D eigenvalue weighted by Gasteiger charge is 2.26. The summed E-state index contributed by atoms with van der Waals surface area (Å²) >= 11 is 0. The van der Waals surface area contributed by atoms with Gasteiger partial charge in [-0.1, -0.05) is 104 Å². The highest BCUT2D eigenvalue weighted by molar-refractivity contribution is 6.19. The van der Waals surface area contributed by atoms with Crippen LogP contribution in [0.15, 0.2) is 138 Å². The van der Waals surface area contributed by atoms with Crippen LogP contribution < -0.4 is 0 Å². The van der Waals surface area contributed by atoms with E-state index in [0.717, 1.165) is 82.8 Å². The Morgan fingerprint density at radius 1 is 0.580 bits per heavy atom. The Kier molecular flexibility index (Phi) is 6.56. The van der Waals surface area contributed by atoms with Crippen molar-refractivity contribution in [2.45, 2.75) is 6.92 Å². The standard InChI is InChI=1S/C45H28N4O/c1-3-13-41-30(4-2)37-25-24-36-33-18-7-10-23-40(33)49(44(36)45(37)50-41)43-29(27-47)15-12-20-35(43)34-19-11-14-28(26-46)42(34)48-38-21-8-5-16-31(38)32-17-6-9-22-39(32)48/h3-25H,2H2,1H3/b13-3-. The number of rotatable bonds is 5. The van der Waals surface area contributed by atoms with Gasteiger partial charge in [-0.2, -0.15) is 10.5 Å². The van der Waals surface area contributed by atoms with Crippen LogP contribution in [0.25, 0.3) is 89.2 Å². The van der Waals surface area contributed by atoms with Crippen LogP contribution in [0, 0.1) is 22.7 Å². The number of allylic oxidation sites excluding steroid dienone is 1. The zero-order valence-electron chi connectivity index (χ0n) is 27.2. The van der Waals surface area contributed by atoms with Crippen LogP contribution in [0.3, 0.4) is 0 Å². The molecule has 9 aromatic rings. The van der Waals surface area contributed by atoms with Crippen LogP contribution >= 0.6 is 0 Å². The molecule has 0 aliphatic carbocycles. The molecule has 5 nitrogen and oxygen atoms in total. The minimum absolute atomic E-state index is 0.502. The number of nitrogens with zero attached hydrogens (tertiary/aromatic N) is 4. The van der Waals surface area contributed by atoms with E-state index < -0.39 is 0 Å². The van der Waals surface area contributed by atoms with Gasteiger partial charge in [0.15, 0.2) is 5.58 Å². The summed E-state index contributed by atoms with van der Waals surface area (Å²) in [5, 5.41) is 26.6. The predicted octanol–water partition coefficient (Wildman–Crippen LogP) is 11.7. The first-order valence-corrected chi connectivity index (χ1v) is 16.5. The summed E-state index contributed by atoms with van der Waals surface area (Å²) in [7, 11) is 0. The average molecular weight is 641 g/mol. The number of aromatic nitrogens is 2. The molecule has 0 aliphatic rings. The first-order valence-electron chi connectivity index (χ1n) is 16.5. The first-order chi connectivity index (χ1) is 24.7. The number of fused-ring (bicyclic) bond motifs is 8. The third-order valence-corrected chi connectivity index (χ3v) is 9.71. The molecular formula is C45H28N4O. The van der Waals surface area contributed by atoms with Gasteiger partial charge in [-0.25, -0.2) is 0 Å². The molecule has 0 saturated carbocycles. The maximum absolute atomic E-state index is 10.8. The SMILES string of the molecule is C=Cc1c(/C=C\C)oc2c1ccc1c3ccccc3n(-c3c(C#N)cccc3-c3cccc(C#N)c3-n3c4ccccc4c4ccccc43)c12. The molecule has 234 valence electrons. The molecule has 0 fully saturated rings. The van der Waals surface area contributed by atoms with Crippen molar-refractivity contribution in [1.82, 2.24) is 9.13 Å². The zero-order valence-corrected chi connectivity index (χ0v) is 27.2. The van der Waals surface area contributed by atoms with Crippen molar-refractivity contribution in [3.05, 3.63) is 156 Å². The highest BCUT2D eigenvalue weighted by atomic mass is 16.3. The summed E-state index contributed by atoms with van der Waals surface area (Å²) in [5.74, 6) is 0.728. The molecule has 0 N–H and O–H groups in total. The van der Waals surface area contributed by atoms with Gasteiger partial charge in [0.05, 0.1) is 44.6 Å². The lowest BCUT2D eigenvalue weighted by Crippen LogP contribution is -2.05. The molecule has 5 heteroatoms. The first kappa shape index (κ1) is 29.1. The van der Waals surface area contributed by atoms with Crippen molar-refractivity contribution in [2.24, 2.45) is 0 Å². The summed E-state index contributed by atoms with van der Waals surface area (Å²) in [6.07, 6.45) is 5.74. The van der Waals surface area contributed by atoms with E-state index in [4.69, 9.17) is 4.42 Å². The lowest BCUT2D eigenvalue weighted by Gasteiger charge is -2.20. The maximum Gasteiger partial charge on any atom is 0.160 e. The van der Waals surface area contributed by atoms with Crippen LogP contribution in [-0.2, 0) is 0 Å². The zero-order chi connectivity index (χ0) is 33.9. The maximum atomic E-state index is 10.8. The van der Waals surface area contributed by atoms with Crippen molar-refractivity contribution in [2.75, 3.05) is 0 Å². The molecule has 0 amide bonds. The monoisotopic (exact) mass is 640 g/mol. The molecule has 9 rings (SSSR count). The van der Waals surface area contributed by atoms with E-state index in [-0.39, 0.29) is 0 Å². The highest BCUT2D eigenvalue weighted by Crippen LogP contribution is 2.45. The van der Waals surface area contributed by atoms with E-state index in [1.807, 2.05) is 91.9 Å². The van der Waals surface area contributed by atoms with E-state index in [0.29, 0.717) is 16.7 Å². The smallest absolute Gasteiger partial charge is 0.160 e. The Bertz CT molecular complexity index is 2930. The van der Waals surface area contributed by atoms with E-state index in [1.54, 1.807) is 0 Å². The van der Waals surface area contributed by atoms with Crippen LogP contribution in [0.1, 0.15) is 29.4 Å². The summed E-state index contributed by atoms with van der Waals surface area (Å²) < 4.78 is 11.0. The van der Waals surface area contributed by atoms with Crippen LogP contribution in [0.5, 0.6) is 0 Å². The fourth-order valence-electron chi connectivity index (χ4n) is 7.71. The van der Waals surface area contributed by atoms with Gasteiger partial charge < -0.3 is 13.6 Å². The summed E-state index contributed by atoms with van der Waals surface area (Å²) in [4.78, 5) is 0. The average Bonchev–Trinajstić information content (AvgIpc) is 3.81. The molecule has 3 aromatic heterocycles. The number of nitriles is 2. The second kappa shape index (κ2) is 11.3. The fourth-order valence-corrected chi connectivity index (χ4v) is 7.71. The van der Waals surface area contributed by atoms with Gasteiger partial charge in [0.2, 0.25) is 0 Å². The second-order valence-corrected chi connectivity index (χ2v) is 12.3. The molecule has 0 bridgehead atoms. The summed E-state index contributed by atoms with van der Waals surface area (Å²) in [6.45, 7) is 6.07. The van der Waals surface area contributed by atoms with Crippen LogP contribution in [0.4, 0.5) is 0 Å². The van der Waals surface area contributed by atoms with Crippen LogP contribution in [0.2, 0.25) is 0 Å². The molecule has 0 radical (unpaired) electrons. The van der Waals surface area contributed by atoms with Crippen molar-refractivity contribution in [3.8, 4) is 34.6 Å². The molecule has 6 aromatic carbocycles. The lowest BCUT2D eigenvalue weighted by atomic mass is 9.95. The van der Waals surface area contributed by atoms with Gasteiger partial charge in [-0.15, -0.1) is 0 Å². The third kappa shape index (κ3) is 3.99. The minimum atomic E-state index is 0.502. The van der Waals surface area contributed by atoms with Crippen LogP contribution in [-0.4, -0.2) is 9.13 Å². The minimum Gasteiger partial charge on any atom is -0.454 e. The Labute approximate surface area is 288 Å². The van der Waals surface area contributed by atoms with E-state index in [1.165, 1.54) is 0 Å². The van der Waals surface area contributed by atoms with E-state index >= 15 is 0 Å². The second-order valence-electron chi connectivity index (χ2n) is 12.3. The van der Waals surface area contributed by atoms with Crippen molar-refractivity contribution >= 4 is 66.7 Å². The molecule has 0 atom stereocenters. The van der Waals surface area contributed by atoms with Gasteiger partial charge in [0.25, 0.3) is 0 Å². The summed E-state index contributed by atoms with van der Waals surface area (Å²) in [5.41, 5.74) is 9.60. The van der Waals surface area contributed by atoms with Gasteiger partial charge >= 0.3 is 0 Å². The number of para-hydroxylation sites is 5. The fraction of sp³-hybridized carbons (Fsp3) is 0.0222. The number of hydrogen-bond acceptors (Lipinski definition) is 3. The van der Waals surface area contributed by atoms with E-state index in [2.05, 4.69) is 82.4 Å².